The second kappa shape index (κ2) is 8.42. The minimum Gasteiger partial charge on any atom is -0.324 e. The van der Waals surface area contributed by atoms with Gasteiger partial charge in [0.1, 0.15) is 5.82 Å². The molecule has 0 saturated heterocycles. The summed E-state index contributed by atoms with van der Waals surface area (Å²) < 4.78 is 38.2. The number of benzene rings is 2. The monoisotopic (exact) mass is 378 g/mol. The van der Waals surface area contributed by atoms with E-state index in [1.54, 1.807) is 0 Å². The van der Waals surface area contributed by atoms with E-state index >= 15 is 0 Å². The molecule has 2 aromatic carbocycles. The third-order valence-corrected chi connectivity index (χ3v) is 5.26. The van der Waals surface area contributed by atoms with Gasteiger partial charge in [-0.15, -0.1) is 0 Å². The van der Waals surface area contributed by atoms with Gasteiger partial charge in [-0.2, -0.15) is 4.31 Å². The molecule has 0 spiro atoms. The Morgan fingerprint density at radius 2 is 1.81 bits per heavy atom. The lowest BCUT2D eigenvalue weighted by Gasteiger charge is -2.20. The highest BCUT2D eigenvalue weighted by Crippen LogP contribution is 2.21. The maximum Gasteiger partial charge on any atom is 0.239 e. The molecule has 0 bridgehead atoms. The molecule has 7 heteroatoms. The van der Waals surface area contributed by atoms with E-state index in [1.165, 1.54) is 24.3 Å². The largest absolute Gasteiger partial charge is 0.324 e. The van der Waals surface area contributed by atoms with Gasteiger partial charge in [0.05, 0.1) is 12.8 Å². The topological polar surface area (TPSA) is 66.5 Å². The summed E-state index contributed by atoms with van der Waals surface area (Å²) in [6, 6.07) is 11.3. The van der Waals surface area contributed by atoms with E-state index in [-0.39, 0.29) is 13.1 Å². The van der Waals surface area contributed by atoms with Crippen LogP contribution in [0.5, 0.6) is 0 Å². The summed E-state index contributed by atoms with van der Waals surface area (Å²) in [7, 11) is -3.61. The van der Waals surface area contributed by atoms with Crippen molar-refractivity contribution >= 4 is 21.6 Å². The van der Waals surface area contributed by atoms with Gasteiger partial charge >= 0.3 is 0 Å². The number of rotatable bonds is 7. The first kappa shape index (κ1) is 20.1. The lowest BCUT2D eigenvalue weighted by atomic mass is 10.1. The predicted octanol–water partition coefficient (Wildman–Crippen LogP) is 3.10. The predicted molar refractivity (Wildman–Crippen MR) is 101 cm³/mol. The normalized spacial score (nSPS) is 11.6. The molecule has 0 saturated carbocycles. The Labute approximate surface area is 153 Å². The number of para-hydroxylation sites is 1. The Balaban J connectivity index is 2.16. The lowest BCUT2D eigenvalue weighted by molar-refractivity contribution is -0.116. The van der Waals surface area contributed by atoms with Crippen molar-refractivity contribution in [3.8, 4) is 0 Å². The molecule has 0 aliphatic carbocycles. The summed E-state index contributed by atoms with van der Waals surface area (Å²) in [6.45, 7) is 3.57. The van der Waals surface area contributed by atoms with Crippen LogP contribution in [-0.2, 0) is 27.8 Å². The standard InChI is InChI=1S/C19H23FN2O3S/c1-4-16-7-5-6-14(2)19(16)21-18(23)13-22(26(3,24)25)12-15-8-10-17(20)11-9-15/h5-11H,4,12-13H2,1-3H3,(H,21,23). The third-order valence-electron chi connectivity index (χ3n) is 4.07. The Morgan fingerprint density at radius 1 is 1.15 bits per heavy atom. The van der Waals surface area contributed by atoms with Crippen molar-refractivity contribution in [1.82, 2.24) is 4.31 Å². The summed E-state index contributed by atoms with van der Waals surface area (Å²) in [4.78, 5) is 12.5. The Bertz CT molecular complexity index is 880. The number of anilines is 1. The van der Waals surface area contributed by atoms with Crippen LogP contribution in [0.4, 0.5) is 10.1 Å². The summed E-state index contributed by atoms with van der Waals surface area (Å²) in [6.07, 6.45) is 1.80. The molecule has 0 heterocycles. The number of nitrogens with one attached hydrogen (secondary N) is 1. The first-order valence-corrected chi connectivity index (χ1v) is 10.1. The highest BCUT2D eigenvalue weighted by Gasteiger charge is 2.21. The number of nitrogens with zero attached hydrogens (tertiary/aromatic N) is 1. The first-order chi connectivity index (χ1) is 12.2. The van der Waals surface area contributed by atoms with Crippen LogP contribution in [0.15, 0.2) is 42.5 Å². The lowest BCUT2D eigenvalue weighted by Crippen LogP contribution is -2.37. The van der Waals surface area contributed by atoms with Crippen LogP contribution in [0.2, 0.25) is 0 Å². The van der Waals surface area contributed by atoms with Crippen LogP contribution < -0.4 is 5.32 Å². The van der Waals surface area contributed by atoms with Gasteiger partial charge in [0.25, 0.3) is 0 Å². The van der Waals surface area contributed by atoms with Gasteiger partial charge in [0.2, 0.25) is 15.9 Å². The maximum atomic E-state index is 13.0. The quantitative estimate of drug-likeness (QED) is 0.805. The first-order valence-electron chi connectivity index (χ1n) is 8.28. The molecule has 0 radical (unpaired) electrons. The molecular weight excluding hydrogens is 355 g/mol. The van der Waals surface area contributed by atoms with E-state index in [9.17, 15) is 17.6 Å². The minimum atomic E-state index is -3.61. The number of aryl methyl sites for hydroxylation is 2. The van der Waals surface area contributed by atoms with Gasteiger partial charge in [0, 0.05) is 12.2 Å². The van der Waals surface area contributed by atoms with Crippen molar-refractivity contribution in [3.05, 3.63) is 65.0 Å². The molecule has 140 valence electrons. The van der Waals surface area contributed by atoms with Crippen molar-refractivity contribution in [2.75, 3.05) is 18.1 Å². The number of amides is 1. The third kappa shape index (κ3) is 5.37. The summed E-state index contributed by atoms with van der Waals surface area (Å²) in [5.74, 6) is -0.814. The van der Waals surface area contributed by atoms with Crippen LogP contribution in [-0.4, -0.2) is 31.4 Å². The van der Waals surface area contributed by atoms with Crippen molar-refractivity contribution in [2.24, 2.45) is 0 Å². The molecule has 26 heavy (non-hydrogen) atoms. The second-order valence-corrected chi connectivity index (χ2v) is 8.15. The van der Waals surface area contributed by atoms with Crippen LogP contribution in [0, 0.1) is 12.7 Å². The molecule has 2 rings (SSSR count). The summed E-state index contributed by atoms with van der Waals surface area (Å²) in [5.41, 5.74) is 3.23. The zero-order valence-electron chi connectivity index (χ0n) is 15.1. The smallest absolute Gasteiger partial charge is 0.239 e. The van der Waals surface area contributed by atoms with Gasteiger partial charge < -0.3 is 5.32 Å². The van der Waals surface area contributed by atoms with E-state index in [4.69, 9.17) is 0 Å². The number of carbonyl (C=O) groups is 1. The van der Waals surface area contributed by atoms with Gasteiger partial charge in [-0.05, 0) is 42.2 Å². The molecule has 0 aliphatic rings. The molecule has 1 N–H and O–H groups in total. The number of hydrogen-bond donors (Lipinski definition) is 1. The van der Waals surface area contributed by atoms with Crippen LogP contribution in [0.3, 0.4) is 0 Å². The Hall–Kier alpha value is -2.25. The van der Waals surface area contributed by atoms with E-state index in [0.29, 0.717) is 5.56 Å². The highest BCUT2D eigenvalue weighted by molar-refractivity contribution is 7.88. The number of carbonyl (C=O) groups excluding carboxylic acids is 1. The fourth-order valence-corrected chi connectivity index (χ4v) is 3.36. The average molecular weight is 378 g/mol. The Morgan fingerprint density at radius 3 is 2.38 bits per heavy atom. The van der Waals surface area contributed by atoms with Crippen molar-refractivity contribution in [2.45, 2.75) is 26.8 Å². The second-order valence-electron chi connectivity index (χ2n) is 6.17. The van der Waals surface area contributed by atoms with Gasteiger partial charge in [0.15, 0.2) is 0 Å². The zero-order valence-corrected chi connectivity index (χ0v) is 15.9. The van der Waals surface area contributed by atoms with Crippen LogP contribution in [0.1, 0.15) is 23.6 Å². The molecule has 2 aromatic rings. The fourth-order valence-electron chi connectivity index (χ4n) is 2.62. The van der Waals surface area contributed by atoms with Crippen molar-refractivity contribution < 1.29 is 17.6 Å². The van der Waals surface area contributed by atoms with Gasteiger partial charge in [-0.3, -0.25) is 4.79 Å². The van der Waals surface area contributed by atoms with E-state index in [0.717, 1.165) is 33.8 Å². The summed E-state index contributed by atoms with van der Waals surface area (Å²) in [5, 5.41) is 2.82. The van der Waals surface area contributed by atoms with Crippen molar-refractivity contribution in [3.63, 3.8) is 0 Å². The molecule has 1 amide bonds. The number of halogens is 1. The molecule has 0 aliphatic heterocycles. The summed E-state index contributed by atoms with van der Waals surface area (Å²) >= 11 is 0. The van der Waals surface area contributed by atoms with E-state index in [1.807, 2.05) is 32.0 Å². The van der Waals surface area contributed by atoms with Gasteiger partial charge in [-0.25, -0.2) is 12.8 Å². The molecule has 5 nitrogen and oxygen atoms in total. The molecule has 0 atom stereocenters. The highest BCUT2D eigenvalue weighted by atomic mass is 32.2. The number of sulfonamides is 1. The zero-order chi connectivity index (χ0) is 19.3. The molecule has 0 aromatic heterocycles. The van der Waals surface area contributed by atoms with E-state index < -0.39 is 21.7 Å². The Kier molecular flexibility index (Phi) is 6.50. The SMILES string of the molecule is CCc1cccc(C)c1NC(=O)CN(Cc1ccc(F)cc1)S(C)(=O)=O. The minimum absolute atomic E-state index is 0.000933. The maximum absolute atomic E-state index is 13.0. The van der Waals surface area contributed by atoms with Crippen molar-refractivity contribution in [1.29, 1.82) is 0 Å². The molecule has 0 unspecified atom stereocenters. The average Bonchev–Trinajstić information content (AvgIpc) is 2.57. The molecular formula is C19H23FN2O3S. The van der Waals surface area contributed by atoms with Crippen LogP contribution >= 0.6 is 0 Å². The van der Waals surface area contributed by atoms with E-state index in [2.05, 4.69) is 5.32 Å². The van der Waals surface area contributed by atoms with Gasteiger partial charge in [-0.1, -0.05) is 37.3 Å². The molecule has 0 fully saturated rings. The fraction of sp³-hybridized carbons (Fsp3) is 0.316. The number of hydrogen-bond acceptors (Lipinski definition) is 3. The van der Waals surface area contributed by atoms with Crippen LogP contribution in [0.25, 0.3) is 0 Å².